The molecule has 0 aliphatic heterocycles. The molecular formula is C12H14N2O2S. The minimum absolute atomic E-state index is 0.231. The molecule has 17 heavy (non-hydrogen) atoms. The minimum Gasteiger partial charge on any atom is -0.200 e. The summed E-state index contributed by atoms with van der Waals surface area (Å²) in [6, 6.07) is 6.67. The van der Waals surface area contributed by atoms with E-state index in [1.165, 1.54) is 0 Å². The molecule has 5 heteroatoms. The summed E-state index contributed by atoms with van der Waals surface area (Å²) in [6.45, 7) is 1.91. The number of hydrogen-bond donors (Lipinski definition) is 1. The van der Waals surface area contributed by atoms with Crippen LogP contribution in [0.2, 0.25) is 0 Å². The highest BCUT2D eigenvalue weighted by atomic mass is 32.2. The molecule has 0 aromatic heterocycles. The van der Waals surface area contributed by atoms with Crippen LogP contribution in [0.3, 0.4) is 0 Å². The van der Waals surface area contributed by atoms with E-state index >= 15 is 0 Å². The van der Waals surface area contributed by atoms with Crippen LogP contribution in [0.5, 0.6) is 0 Å². The third kappa shape index (κ3) is 2.94. The van der Waals surface area contributed by atoms with Crippen LogP contribution < -0.4 is 4.83 Å². The number of benzene rings is 1. The number of aryl methyl sites for hydroxylation is 1. The minimum atomic E-state index is -3.54. The van der Waals surface area contributed by atoms with Gasteiger partial charge in [-0.05, 0) is 38.0 Å². The molecule has 2 rings (SSSR count). The van der Waals surface area contributed by atoms with Crippen molar-refractivity contribution in [2.24, 2.45) is 5.10 Å². The van der Waals surface area contributed by atoms with Crippen LogP contribution in [0.1, 0.15) is 18.4 Å². The number of sulfonamides is 1. The Morgan fingerprint density at radius 2 is 1.94 bits per heavy atom. The fourth-order valence-corrected chi connectivity index (χ4v) is 2.35. The predicted molar refractivity (Wildman–Crippen MR) is 67.3 cm³/mol. The quantitative estimate of drug-likeness (QED) is 0.834. The van der Waals surface area contributed by atoms with E-state index in [-0.39, 0.29) is 4.90 Å². The second-order valence-corrected chi connectivity index (χ2v) is 5.61. The topological polar surface area (TPSA) is 58.5 Å². The maximum absolute atomic E-state index is 11.9. The molecule has 0 unspecified atom stereocenters. The SMILES string of the molecule is Cc1ccc(S(=O)(=O)NN=C2C=CCC2)cc1. The molecule has 0 atom stereocenters. The fourth-order valence-electron chi connectivity index (χ4n) is 1.52. The molecule has 0 saturated heterocycles. The smallest absolute Gasteiger partial charge is 0.200 e. The average molecular weight is 250 g/mol. The highest BCUT2D eigenvalue weighted by Gasteiger charge is 2.12. The van der Waals surface area contributed by atoms with Crippen LogP contribution >= 0.6 is 0 Å². The standard InChI is InChI=1S/C12H14N2O2S/c1-10-6-8-12(9-7-10)17(15,16)14-13-11-4-2-3-5-11/h2,4,6-9,14H,3,5H2,1H3. The molecule has 0 heterocycles. The van der Waals surface area contributed by atoms with Gasteiger partial charge in [0, 0.05) is 0 Å². The monoisotopic (exact) mass is 250 g/mol. The van der Waals surface area contributed by atoms with Crippen molar-refractivity contribution in [3.63, 3.8) is 0 Å². The normalized spacial score (nSPS) is 17.6. The second-order valence-electron chi connectivity index (χ2n) is 3.95. The van der Waals surface area contributed by atoms with E-state index < -0.39 is 10.0 Å². The first-order valence-electron chi connectivity index (χ1n) is 5.39. The van der Waals surface area contributed by atoms with E-state index in [4.69, 9.17) is 0 Å². The van der Waals surface area contributed by atoms with Crippen molar-refractivity contribution < 1.29 is 8.42 Å². The molecule has 0 amide bonds. The zero-order valence-electron chi connectivity index (χ0n) is 9.55. The van der Waals surface area contributed by atoms with Crippen LogP contribution in [0, 0.1) is 6.92 Å². The predicted octanol–water partition coefficient (Wildman–Crippen LogP) is 1.98. The molecule has 90 valence electrons. The van der Waals surface area contributed by atoms with E-state index in [2.05, 4.69) is 9.93 Å². The lowest BCUT2D eigenvalue weighted by atomic mass is 10.2. The van der Waals surface area contributed by atoms with Crippen LogP contribution in [-0.2, 0) is 10.0 Å². The lowest BCUT2D eigenvalue weighted by Gasteiger charge is -2.04. The van der Waals surface area contributed by atoms with Crippen molar-refractivity contribution >= 4 is 15.7 Å². The summed E-state index contributed by atoms with van der Waals surface area (Å²) in [6.07, 6.45) is 5.51. The number of nitrogens with zero attached hydrogens (tertiary/aromatic N) is 1. The second kappa shape index (κ2) is 4.71. The fraction of sp³-hybridized carbons (Fsp3) is 0.250. The van der Waals surface area contributed by atoms with Gasteiger partial charge in [-0.3, -0.25) is 0 Å². The summed E-state index contributed by atoms with van der Waals surface area (Å²) in [5, 5.41) is 3.89. The summed E-state index contributed by atoms with van der Waals surface area (Å²) in [7, 11) is -3.54. The summed E-state index contributed by atoms with van der Waals surface area (Å²) in [5.74, 6) is 0. The van der Waals surface area contributed by atoms with E-state index in [0.717, 1.165) is 24.1 Å². The van der Waals surface area contributed by atoms with Gasteiger partial charge in [-0.15, -0.1) is 0 Å². The Morgan fingerprint density at radius 1 is 1.24 bits per heavy atom. The van der Waals surface area contributed by atoms with Crippen molar-refractivity contribution in [3.05, 3.63) is 42.0 Å². The Kier molecular flexibility index (Phi) is 3.28. The van der Waals surface area contributed by atoms with Crippen LogP contribution in [-0.4, -0.2) is 14.1 Å². The maximum Gasteiger partial charge on any atom is 0.276 e. The summed E-state index contributed by atoms with van der Waals surface area (Å²) in [5.41, 5.74) is 1.79. The highest BCUT2D eigenvalue weighted by molar-refractivity contribution is 7.89. The molecular weight excluding hydrogens is 236 g/mol. The van der Waals surface area contributed by atoms with Crippen molar-refractivity contribution in [1.29, 1.82) is 0 Å². The van der Waals surface area contributed by atoms with E-state index in [0.29, 0.717) is 0 Å². The van der Waals surface area contributed by atoms with Crippen molar-refractivity contribution in [1.82, 2.24) is 4.83 Å². The van der Waals surface area contributed by atoms with Gasteiger partial charge in [-0.2, -0.15) is 18.4 Å². The Labute approximate surface area is 101 Å². The van der Waals surface area contributed by atoms with Crippen molar-refractivity contribution in [2.75, 3.05) is 0 Å². The lowest BCUT2D eigenvalue weighted by Crippen LogP contribution is -2.19. The average Bonchev–Trinajstić information content (AvgIpc) is 2.80. The molecule has 4 nitrogen and oxygen atoms in total. The van der Waals surface area contributed by atoms with Crippen molar-refractivity contribution in [2.45, 2.75) is 24.7 Å². The Bertz CT molecular complexity index is 557. The van der Waals surface area contributed by atoms with Crippen LogP contribution in [0.4, 0.5) is 0 Å². The molecule has 1 aromatic carbocycles. The third-order valence-corrected chi connectivity index (χ3v) is 3.74. The van der Waals surface area contributed by atoms with Gasteiger partial charge in [-0.25, -0.2) is 0 Å². The number of allylic oxidation sites excluding steroid dienone is 2. The largest absolute Gasteiger partial charge is 0.276 e. The summed E-state index contributed by atoms with van der Waals surface area (Å²) < 4.78 is 23.7. The molecule has 0 fully saturated rings. The first-order valence-corrected chi connectivity index (χ1v) is 6.88. The first-order chi connectivity index (χ1) is 8.08. The molecule has 1 N–H and O–H groups in total. The molecule has 0 saturated carbocycles. The number of nitrogens with one attached hydrogen (secondary N) is 1. The highest BCUT2D eigenvalue weighted by Crippen LogP contribution is 2.10. The number of hydrazone groups is 1. The Balaban J connectivity index is 2.16. The van der Waals surface area contributed by atoms with Gasteiger partial charge in [0.1, 0.15) is 0 Å². The zero-order valence-corrected chi connectivity index (χ0v) is 10.4. The van der Waals surface area contributed by atoms with Crippen LogP contribution in [0.15, 0.2) is 46.4 Å². The van der Waals surface area contributed by atoms with Crippen LogP contribution in [0.25, 0.3) is 0 Å². The van der Waals surface area contributed by atoms with Gasteiger partial charge in [-0.1, -0.05) is 23.8 Å². The first kappa shape index (κ1) is 11.9. The Morgan fingerprint density at radius 3 is 2.53 bits per heavy atom. The molecule has 1 aromatic rings. The van der Waals surface area contributed by atoms with E-state index in [9.17, 15) is 8.42 Å². The molecule has 1 aliphatic rings. The molecule has 0 spiro atoms. The number of rotatable bonds is 3. The third-order valence-electron chi connectivity index (χ3n) is 2.52. The lowest BCUT2D eigenvalue weighted by molar-refractivity contribution is 0.584. The summed E-state index contributed by atoms with van der Waals surface area (Å²) >= 11 is 0. The summed E-state index contributed by atoms with van der Waals surface area (Å²) in [4.78, 5) is 2.48. The van der Waals surface area contributed by atoms with Gasteiger partial charge in [0.05, 0.1) is 10.6 Å². The molecule has 1 aliphatic carbocycles. The van der Waals surface area contributed by atoms with Gasteiger partial charge < -0.3 is 0 Å². The van der Waals surface area contributed by atoms with E-state index in [1.54, 1.807) is 24.3 Å². The maximum atomic E-state index is 11.9. The Hall–Kier alpha value is -1.62. The van der Waals surface area contributed by atoms with Gasteiger partial charge in [0.2, 0.25) is 0 Å². The van der Waals surface area contributed by atoms with E-state index in [1.807, 2.05) is 19.1 Å². The molecule has 0 radical (unpaired) electrons. The van der Waals surface area contributed by atoms with Gasteiger partial charge >= 0.3 is 0 Å². The van der Waals surface area contributed by atoms with Gasteiger partial charge in [0.15, 0.2) is 0 Å². The number of hydrogen-bond acceptors (Lipinski definition) is 3. The zero-order chi connectivity index (χ0) is 12.3. The van der Waals surface area contributed by atoms with Crippen molar-refractivity contribution in [3.8, 4) is 0 Å². The van der Waals surface area contributed by atoms with Gasteiger partial charge in [0.25, 0.3) is 10.0 Å². The molecule has 0 bridgehead atoms.